The van der Waals surface area contributed by atoms with Gasteiger partial charge < -0.3 is 10.6 Å². The van der Waals surface area contributed by atoms with Crippen LogP contribution in [-0.4, -0.2) is 18.4 Å². The van der Waals surface area contributed by atoms with Crippen LogP contribution in [-0.2, 0) is 9.59 Å². The molecule has 4 heteroatoms. The summed E-state index contributed by atoms with van der Waals surface area (Å²) in [4.78, 5) is 24.7. The van der Waals surface area contributed by atoms with Gasteiger partial charge in [-0.3, -0.25) is 9.59 Å². The standard InChI is InChI=1S/C11H12N2O2/c1-2-13-8-6-4-3-5-7(8)9(10(12)14)11(13)15/h3-6,9H,2H2,1H3,(H2,12,14). The molecule has 2 N–H and O–H groups in total. The summed E-state index contributed by atoms with van der Waals surface area (Å²) in [5.41, 5.74) is 6.75. The van der Waals surface area contributed by atoms with Crippen LogP contribution in [0.2, 0.25) is 0 Å². The number of benzene rings is 1. The number of hydrogen-bond acceptors (Lipinski definition) is 2. The molecular weight excluding hydrogens is 192 g/mol. The van der Waals surface area contributed by atoms with Crippen molar-refractivity contribution in [2.45, 2.75) is 12.8 Å². The fourth-order valence-electron chi connectivity index (χ4n) is 1.99. The number of carbonyl (C=O) groups is 2. The van der Waals surface area contributed by atoms with Crippen molar-refractivity contribution in [2.24, 2.45) is 5.73 Å². The zero-order valence-corrected chi connectivity index (χ0v) is 8.43. The Hall–Kier alpha value is -1.84. The molecule has 78 valence electrons. The van der Waals surface area contributed by atoms with Crippen LogP contribution in [0, 0.1) is 0 Å². The lowest BCUT2D eigenvalue weighted by atomic mass is 10.0. The molecule has 0 aromatic heterocycles. The number of rotatable bonds is 2. The number of amides is 2. The van der Waals surface area contributed by atoms with E-state index in [0.29, 0.717) is 6.54 Å². The maximum absolute atomic E-state index is 11.9. The Balaban J connectivity index is 2.56. The van der Waals surface area contributed by atoms with Crippen LogP contribution >= 0.6 is 0 Å². The van der Waals surface area contributed by atoms with E-state index in [1.807, 2.05) is 19.1 Å². The number of likely N-dealkylation sites (N-methyl/N-ethyl adjacent to an activating group) is 1. The number of carbonyl (C=O) groups excluding carboxylic acids is 2. The molecule has 4 nitrogen and oxygen atoms in total. The number of para-hydroxylation sites is 1. The summed E-state index contributed by atoms with van der Waals surface area (Å²) in [5.74, 6) is -1.60. The molecule has 0 saturated carbocycles. The molecule has 15 heavy (non-hydrogen) atoms. The van der Waals surface area contributed by atoms with E-state index < -0.39 is 11.8 Å². The van der Waals surface area contributed by atoms with E-state index in [1.54, 1.807) is 17.0 Å². The Morgan fingerprint density at radius 1 is 1.47 bits per heavy atom. The van der Waals surface area contributed by atoms with E-state index in [2.05, 4.69) is 0 Å². The van der Waals surface area contributed by atoms with Gasteiger partial charge in [-0.05, 0) is 18.6 Å². The highest BCUT2D eigenvalue weighted by Crippen LogP contribution is 2.36. The average Bonchev–Trinajstić information content (AvgIpc) is 2.49. The maximum atomic E-state index is 11.9. The first-order chi connectivity index (χ1) is 7.16. The number of primary amides is 1. The first-order valence-corrected chi connectivity index (χ1v) is 4.86. The highest BCUT2D eigenvalue weighted by atomic mass is 16.2. The smallest absolute Gasteiger partial charge is 0.244 e. The van der Waals surface area contributed by atoms with Crippen LogP contribution < -0.4 is 10.6 Å². The Morgan fingerprint density at radius 2 is 2.13 bits per heavy atom. The summed E-state index contributed by atoms with van der Waals surface area (Å²) in [6.45, 7) is 2.43. The second-order valence-corrected chi connectivity index (χ2v) is 3.48. The fraction of sp³-hybridized carbons (Fsp3) is 0.273. The van der Waals surface area contributed by atoms with Crippen molar-refractivity contribution in [3.05, 3.63) is 29.8 Å². The van der Waals surface area contributed by atoms with Crippen molar-refractivity contribution >= 4 is 17.5 Å². The Morgan fingerprint density at radius 3 is 2.73 bits per heavy atom. The molecule has 0 saturated heterocycles. The number of anilines is 1. The predicted octanol–water partition coefficient (Wildman–Crippen LogP) is 0.622. The molecule has 0 aliphatic carbocycles. The Kier molecular flexibility index (Phi) is 2.19. The third-order valence-electron chi connectivity index (χ3n) is 2.65. The molecule has 2 rings (SSSR count). The van der Waals surface area contributed by atoms with Crippen molar-refractivity contribution in [1.29, 1.82) is 0 Å². The summed E-state index contributed by atoms with van der Waals surface area (Å²) >= 11 is 0. The minimum absolute atomic E-state index is 0.216. The van der Waals surface area contributed by atoms with Gasteiger partial charge in [-0.1, -0.05) is 18.2 Å². The highest BCUT2D eigenvalue weighted by molar-refractivity contribution is 6.17. The summed E-state index contributed by atoms with van der Waals surface area (Å²) in [6, 6.07) is 7.26. The van der Waals surface area contributed by atoms with Crippen LogP contribution in [0.3, 0.4) is 0 Å². The van der Waals surface area contributed by atoms with Gasteiger partial charge >= 0.3 is 0 Å². The van der Waals surface area contributed by atoms with Crippen LogP contribution in [0.1, 0.15) is 18.4 Å². The molecule has 1 atom stereocenters. The molecule has 0 radical (unpaired) electrons. The zero-order chi connectivity index (χ0) is 11.0. The second kappa shape index (κ2) is 3.38. The minimum atomic E-state index is -0.804. The molecule has 1 aromatic carbocycles. The molecule has 1 unspecified atom stereocenters. The van der Waals surface area contributed by atoms with E-state index in [4.69, 9.17) is 5.73 Å². The topological polar surface area (TPSA) is 63.4 Å². The first kappa shape index (κ1) is 9.71. The third kappa shape index (κ3) is 1.29. The Bertz CT molecular complexity index is 428. The fourth-order valence-corrected chi connectivity index (χ4v) is 1.99. The van der Waals surface area contributed by atoms with Gasteiger partial charge in [0.15, 0.2) is 0 Å². The molecule has 0 fully saturated rings. The van der Waals surface area contributed by atoms with Crippen LogP contribution in [0.15, 0.2) is 24.3 Å². The van der Waals surface area contributed by atoms with Gasteiger partial charge in [0.05, 0.1) is 0 Å². The summed E-state index contributed by atoms with van der Waals surface area (Å²) < 4.78 is 0. The van der Waals surface area contributed by atoms with Gasteiger partial charge in [-0.2, -0.15) is 0 Å². The largest absolute Gasteiger partial charge is 0.369 e. The first-order valence-electron chi connectivity index (χ1n) is 4.86. The average molecular weight is 204 g/mol. The predicted molar refractivity (Wildman–Crippen MR) is 56.4 cm³/mol. The molecule has 0 spiro atoms. The van der Waals surface area contributed by atoms with Gasteiger partial charge in [0.2, 0.25) is 11.8 Å². The SMILES string of the molecule is CCN1C(=O)C(C(N)=O)c2ccccc21. The van der Waals surface area contributed by atoms with Crippen molar-refractivity contribution in [3.8, 4) is 0 Å². The van der Waals surface area contributed by atoms with Crippen molar-refractivity contribution in [3.63, 3.8) is 0 Å². The van der Waals surface area contributed by atoms with Gasteiger partial charge in [0, 0.05) is 12.2 Å². The molecular formula is C11H12N2O2. The van der Waals surface area contributed by atoms with E-state index in [9.17, 15) is 9.59 Å². The summed E-state index contributed by atoms with van der Waals surface area (Å²) in [5, 5.41) is 0. The van der Waals surface area contributed by atoms with E-state index in [1.165, 1.54) is 0 Å². The van der Waals surface area contributed by atoms with Gasteiger partial charge in [-0.15, -0.1) is 0 Å². The monoisotopic (exact) mass is 204 g/mol. The Labute approximate surface area is 87.7 Å². The molecule has 1 aliphatic rings. The van der Waals surface area contributed by atoms with Gasteiger partial charge in [-0.25, -0.2) is 0 Å². The molecule has 1 aliphatic heterocycles. The van der Waals surface area contributed by atoms with Gasteiger partial charge in [0.25, 0.3) is 0 Å². The number of hydrogen-bond donors (Lipinski definition) is 1. The molecule has 0 bridgehead atoms. The third-order valence-corrected chi connectivity index (χ3v) is 2.65. The van der Waals surface area contributed by atoms with Crippen LogP contribution in [0.5, 0.6) is 0 Å². The minimum Gasteiger partial charge on any atom is -0.369 e. The molecule has 1 aromatic rings. The lowest BCUT2D eigenvalue weighted by molar-refractivity contribution is -0.127. The van der Waals surface area contributed by atoms with Crippen molar-refractivity contribution in [1.82, 2.24) is 0 Å². The quantitative estimate of drug-likeness (QED) is 0.718. The van der Waals surface area contributed by atoms with Crippen molar-refractivity contribution in [2.75, 3.05) is 11.4 Å². The van der Waals surface area contributed by atoms with Crippen LogP contribution in [0.25, 0.3) is 0 Å². The molecule has 2 amide bonds. The van der Waals surface area contributed by atoms with Crippen LogP contribution in [0.4, 0.5) is 5.69 Å². The normalized spacial score (nSPS) is 19.1. The maximum Gasteiger partial charge on any atom is 0.244 e. The molecule has 1 heterocycles. The zero-order valence-electron chi connectivity index (χ0n) is 8.43. The number of nitrogens with two attached hydrogens (primary N) is 1. The van der Waals surface area contributed by atoms with E-state index in [0.717, 1.165) is 11.3 Å². The number of nitrogens with zero attached hydrogens (tertiary/aromatic N) is 1. The van der Waals surface area contributed by atoms with E-state index in [-0.39, 0.29) is 5.91 Å². The lowest BCUT2D eigenvalue weighted by Gasteiger charge is -2.14. The second-order valence-electron chi connectivity index (χ2n) is 3.48. The summed E-state index contributed by atoms with van der Waals surface area (Å²) in [6.07, 6.45) is 0. The number of fused-ring (bicyclic) bond motifs is 1. The van der Waals surface area contributed by atoms with E-state index >= 15 is 0 Å². The highest BCUT2D eigenvalue weighted by Gasteiger charge is 2.39. The lowest BCUT2D eigenvalue weighted by Crippen LogP contribution is -2.34. The van der Waals surface area contributed by atoms with Gasteiger partial charge in [0.1, 0.15) is 5.92 Å². The van der Waals surface area contributed by atoms with Crippen molar-refractivity contribution < 1.29 is 9.59 Å². The summed E-state index contributed by atoms with van der Waals surface area (Å²) in [7, 11) is 0.